The fraction of sp³-hybridized carbons (Fsp3) is 0.167. The maximum absolute atomic E-state index is 13.3. The van der Waals surface area contributed by atoms with Gasteiger partial charge in [0.2, 0.25) is 11.8 Å². The summed E-state index contributed by atoms with van der Waals surface area (Å²) in [7, 11) is 0. The van der Waals surface area contributed by atoms with Gasteiger partial charge in [0, 0.05) is 11.9 Å². The molecule has 0 aromatic heterocycles. The molecule has 0 spiro atoms. The third-order valence-electron chi connectivity index (χ3n) is 3.56. The van der Waals surface area contributed by atoms with Crippen LogP contribution in [0.1, 0.15) is 18.1 Å². The zero-order valence-electron chi connectivity index (χ0n) is 14.0. The largest absolute Gasteiger partial charge is 0.418 e. The van der Waals surface area contributed by atoms with Crippen LogP contribution in [-0.2, 0) is 15.8 Å². The van der Waals surface area contributed by atoms with Crippen molar-refractivity contribution < 1.29 is 22.8 Å². The molecule has 0 aliphatic heterocycles. The Morgan fingerprint density at radius 2 is 1.89 bits per heavy atom. The molecule has 2 amide bonds. The van der Waals surface area contributed by atoms with Crippen molar-refractivity contribution in [1.29, 1.82) is 5.26 Å². The molecule has 2 rings (SSSR count). The lowest BCUT2D eigenvalue weighted by molar-refractivity contribution is -0.137. The number of carbonyl (C=O) groups excluding carboxylic acids is 2. The summed E-state index contributed by atoms with van der Waals surface area (Å²) < 4.78 is 39.9. The summed E-state index contributed by atoms with van der Waals surface area (Å²) in [6.45, 7) is 0.380. The molecule has 27 heavy (non-hydrogen) atoms. The van der Waals surface area contributed by atoms with Gasteiger partial charge in [0.05, 0.1) is 22.5 Å². The van der Waals surface area contributed by atoms with E-state index in [4.69, 9.17) is 16.9 Å². The van der Waals surface area contributed by atoms with Crippen molar-refractivity contribution in [3.8, 4) is 6.07 Å². The quantitative estimate of drug-likeness (QED) is 0.842. The smallest absolute Gasteiger partial charge is 0.323 e. The molecule has 1 N–H and O–H groups in total. The Bertz CT molecular complexity index is 923. The van der Waals surface area contributed by atoms with Crippen molar-refractivity contribution in [2.24, 2.45) is 0 Å². The van der Waals surface area contributed by atoms with E-state index in [0.29, 0.717) is 11.0 Å². The summed E-state index contributed by atoms with van der Waals surface area (Å²) in [5.41, 5.74) is -1.23. The molecule has 0 fully saturated rings. The minimum atomic E-state index is -4.77. The number of alkyl halides is 3. The van der Waals surface area contributed by atoms with Gasteiger partial charge in [-0.15, -0.1) is 0 Å². The maximum atomic E-state index is 13.3. The summed E-state index contributed by atoms with van der Waals surface area (Å²) in [4.78, 5) is 24.9. The molecular formula is C18H13ClF3N3O2. The molecule has 0 bridgehead atoms. The first-order valence-electron chi connectivity index (χ1n) is 7.57. The fourth-order valence-corrected chi connectivity index (χ4v) is 2.53. The number of nitriles is 1. The highest BCUT2D eigenvalue weighted by molar-refractivity contribution is 6.30. The van der Waals surface area contributed by atoms with Crippen LogP contribution in [0.5, 0.6) is 0 Å². The van der Waals surface area contributed by atoms with E-state index in [1.165, 1.54) is 18.2 Å². The van der Waals surface area contributed by atoms with Crippen molar-refractivity contribution in [2.45, 2.75) is 13.1 Å². The number of benzene rings is 2. The molecule has 2 aromatic carbocycles. The Balaban J connectivity index is 2.33. The lowest BCUT2D eigenvalue weighted by Crippen LogP contribution is -2.38. The van der Waals surface area contributed by atoms with Crippen LogP contribution in [0.25, 0.3) is 0 Å². The molecule has 0 saturated heterocycles. The summed E-state index contributed by atoms with van der Waals surface area (Å²) in [6, 6.07) is 10.9. The molecular weight excluding hydrogens is 383 g/mol. The van der Waals surface area contributed by atoms with E-state index in [-0.39, 0.29) is 16.3 Å². The topological polar surface area (TPSA) is 73.2 Å². The highest BCUT2D eigenvalue weighted by Crippen LogP contribution is 2.38. The van der Waals surface area contributed by atoms with Gasteiger partial charge in [-0.05, 0) is 30.3 Å². The van der Waals surface area contributed by atoms with Gasteiger partial charge in [0.15, 0.2) is 0 Å². The molecule has 140 valence electrons. The monoisotopic (exact) mass is 395 g/mol. The predicted molar refractivity (Wildman–Crippen MR) is 94.3 cm³/mol. The van der Waals surface area contributed by atoms with E-state index < -0.39 is 35.8 Å². The van der Waals surface area contributed by atoms with Gasteiger partial charge in [-0.1, -0.05) is 23.7 Å². The Labute approximate surface area is 158 Å². The normalized spacial score (nSPS) is 10.8. The van der Waals surface area contributed by atoms with Crippen molar-refractivity contribution in [3.05, 3.63) is 58.6 Å². The van der Waals surface area contributed by atoms with Gasteiger partial charge in [-0.25, -0.2) is 0 Å². The molecule has 0 heterocycles. The number of anilines is 2. The van der Waals surface area contributed by atoms with Crippen LogP contribution in [0.3, 0.4) is 0 Å². The van der Waals surface area contributed by atoms with Gasteiger partial charge in [0.25, 0.3) is 0 Å². The third kappa shape index (κ3) is 4.99. The second-order valence-electron chi connectivity index (χ2n) is 5.47. The first-order chi connectivity index (χ1) is 12.6. The predicted octanol–water partition coefficient (Wildman–Crippen LogP) is 4.22. The second kappa shape index (κ2) is 8.10. The van der Waals surface area contributed by atoms with E-state index in [9.17, 15) is 22.8 Å². The van der Waals surface area contributed by atoms with Crippen LogP contribution in [0.15, 0.2) is 42.5 Å². The number of nitrogens with zero attached hydrogens (tertiary/aromatic N) is 2. The highest BCUT2D eigenvalue weighted by Gasteiger charge is 2.36. The molecule has 0 atom stereocenters. The Morgan fingerprint density at radius 3 is 2.48 bits per heavy atom. The number of hydrogen-bond acceptors (Lipinski definition) is 3. The highest BCUT2D eigenvalue weighted by atomic mass is 35.5. The minimum absolute atomic E-state index is 0.151. The van der Waals surface area contributed by atoms with E-state index in [1.807, 2.05) is 6.07 Å². The second-order valence-corrected chi connectivity index (χ2v) is 5.91. The molecule has 0 saturated carbocycles. The fourth-order valence-electron chi connectivity index (χ4n) is 2.36. The number of halogens is 4. The first kappa shape index (κ1) is 20.3. The first-order valence-corrected chi connectivity index (χ1v) is 7.95. The van der Waals surface area contributed by atoms with Crippen LogP contribution >= 0.6 is 11.6 Å². The van der Waals surface area contributed by atoms with Crippen LogP contribution in [0.4, 0.5) is 24.5 Å². The Morgan fingerprint density at radius 1 is 1.22 bits per heavy atom. The Hall–Kier alpha value is -3.05. The molecule has 5 nitrogen and oxygen atoms in total. The molecule has 2 aromatic rings. The molecule has 0 radical (unpaired) electrons. The number of carbonyl (C=O) groups is 2. The van der Waals surface area contributed by atoms with Crippen LogP contribution in [0.2, 0.25) is 5.02 Å². The van der Waals surface area contributed by atoms with Gasteiger partial charge >= 0.3 is 6.18 Å². The van der Waals surface area contributed by atoms with Crippen LogP contribution in [-0.4, -0.2) is 18.4 Å². The number of para-hydroxylation sites is 1. The number of nitrogens with one attached hydrogen (secondary N) is 1. The van der Waals surface area contributed by atoms with Crippen molar-refractivity contribution in [2.75, 3.05) is 16.8 Å². The van der Waals surface area contributed by atoms with Crippen molar-refractivity contribution in [1.82, 2.24) is 0 Å². The summed E-state index contributed by atoms with van der Waals surface area (Å²) >= 11 is 5.64. The van der Waals surface area contributed by atoms with Gasteiger partial charge in [-0.2, -0.15) is 18.4 Å². The van der Waals surface area contributed by atoms with Crippen LogP contribution < -0.4 is 10.2 Å². The SMILES string of the molecule is CC(=O)N(CC(=O)Nc1ccccc1C#N)c1ccc(Cl)cc1C(F)(F)F. The summed E-state index contributed by atoms with van der Waals surface area (Å²) in [6.07, 6.45) is -4.77. The van der Waals surface area contributed by atoms with Gasteiger partial charge < -0.3 is 10.2 Å². The average Bonchev–Trinajstić information content (AvgIpc) is 2.59. The summed E-state index contributed by atoms with van der Waals surface area (Å²) in [5.74, 6) is -1.51. The lowest BCUT2D eigenvalue weighted by Gasteiger charge is -2.24. The lowest BCUT2D eigenvalue weighted by atomic mass is 10.1. The van der Waals surface area contributed by atoms with E-state index in [2.05, 4.69) is 5.32 Å². The van der Waals surface area contributed by atoms with E-state index in [0.717, 1.165) is 13.0 Å². The van der Waals surface area contributed by atoms with Crippen molar-refractivity contribution >= 4 is 34.8 Å². The standard InChI is InChI=1S/C18H13ClF3N3O2/c1-11(26)25(16-7-6-13(19)8-14(16)18(20,21)22)10-17(27)24-15-5-3-2-4-12(15)9-23/h2-8H,10H2,1H3,(H,24,27). The number of amides is 2. The maximum Gasteiger partial charge on any atom is 0.418 e. The summed E-state index contributed by atoms with van der Waals surface area (Å²) in [5, 5.41) is 11.3. The van der Waals surface area contributed by atoms with Crippen molar-refractivity contribution in [3.63, 3.8) is 0 Å². The van der Waals surface area contributed by atoms with Gasteiger partial charge in [-0.3, -0.25) is 9.59 Å². The molecule has 0 aliphatic carbocycles. The molecule has 0 aliphatic rings. The zero-order valence-corrected chi connectivity index (χ0v) is 14.7. The van der Waals surface area contributed by atoms with E-state index >= 15 is 0 Å². The number of rotatable bonds is 4. The number of hydrogen-bond donors (Lipinski definition) is 1. The van der Waals surface area contributed by atoms with E-state index in [1.54, 1.807) is 12.1 Å². The average molecular weight is 396 g/mol. The third-order valence-corrected chi connectivity index (χ3v) is 3.79. The zero-order chi connectivity index (χ0) is 20.2. The van der Waals surface area contributed by atoms with Gasteiger partial charge in [0.1, 0.15) is 12.6 Å². The minimum Gasteiger partial charge on any atom is -0.323 e. The molecule has 9 heteroatoms. The Kier molecular flexibility index (Phi) is 6.08. The molecule has 0 unspecified atom stereocenters. The van der Waals surface area contributed by atoms with Crippen LogP contribution in [0, 0.1) is 11.3 Å².